The second kappa shape index (κ2) is 7.49. The monoisotopic (exact) mass is 314 g/mol. The van der Waals surface area contributed by atoms with Crippen molar-refractivity contribution in [1.82, 2.24) is 4.90 Å². The molecule has 1 saturated carbocycles. The maximum Gasteiger partial charge on any atom is 0.327 e. The lowest BCUT2D eigenvalue weighted by molar-refractivity contribution is -0.149. The smallest absolute Gasteiger partial charge is 0.327 e. The third kappa shape index (κ3) is 4.13. The summed E-state index contributed by atoms with van der Waals surface area (Å²) in [6.45, 7) is 2.76. The fraction of sp³-hybridized carbons (Fsp3) is 0.867. The maximum absolute atomic E-state index is 12.5. The van der Waals surface area contributed by atoms with Gasteiger partial charge in [0.25, 0.3) is 0 Å². The SMILES string of the molecule is CCC(CCN)CCC(=O)N1C(C(=O)O)CSC1C1CC1. The van der Waals surface area contributed by atoms with Crippen molar-refractivity contribution in [2.45, 2.75) is 56.9 Å². The minimum Gasteiger partial charge on any atom is -0.480 e. The molecule has 1 heterocycles. The van der Waals surface area contributed by atoms with E-state index in [1.807, 2.05) is 0 Å². The molecule has 2 fully saturated rings. The number of nitrogens with zero attached hydrogens (tertiary/aromatic N) is 1. The van der Waals surface area contributed by atoms with Crippen LogP contribution in [0, 0.1) is 11.8 Å². The summed E-state index contributed by atoms with van der Waals surface area (Å²) >= 11 is 1.64. The highest BCUT2D eigenvalue weighted by atomic mass is 32.2. The van der Waals surface area contributed by atoms with Crippen LogP contribution in [0.1, 0.15) is 45.4 Å². The average Bonchev–Trinajstić information content (AvgIpc) is 3.21. The summed E-state index contributed by atoms with van der Waals surface area (Å²) in [6, 6.07) is -0.636. The third-order valence-corrected chi connectivity index (χ3v) is 6.01. The highest BCUT2D eigenvalue weighted by Gasteiger charge is 2.47. The van der Waals surface area contributed by atoms with Gasteiger partial charge in [0.2, 0.25) is 5.91 Å². The van der Waals surface area contributed by atoms with E-state index in [0.717, 1.165) is 32.1 Å². The van der Waals surface area contributed by atoms with E-state index in [4.69, 9.17) is 5.73 Å². The molecule has 2 rings (SSSR count). The highest BCUT2D eigenvalue weighted by Crippen LogP contribution is 2.45. The van der Waals surface area contributed by atoms with E-state index in [9.17, 15) is 14.7 Å². The van der Waals surface area contributed by atoms with E-state index in [2.05, 4.69) is 6.92 Å². The van der Waals surface area contributed by atoms with Crippen LogP contribution in [0.3, 0.4) is 0 Å². The van der Waals surface area contributed by atoms with Gasteiger partial charge in [0, 0.05) is 12.2 Å². The Labute approximate surface area is 130 Å². The number of hydrogen-bond acceptors (Lipinski definition) is 4. The first-order valence-corrected chi connectivity index (χ1v) is 8.99. The second-order valence-electron chi connectivity index (χ2n) is 6.11. The fourth-order valence-corrected chi connectivity index (χ4v) is 4.68. The molecule has 1 amide bonds. The second-order valence-corrected chi connectivity index (χ2v) is 7.26. The van der Waals surface area contributed by atoms with Crippen molar-refractivity contribution in [3.05, 3.63) is 0 Å². The van der Waals surface area contributed by atoms with Crippen molar-refractivity contribution in [1.29, 1.82) is 0 Å². The zero-order chi connectivity index (χ0) is 15.4. The summed E-state index contributed by atoms with van der Waals surface area (Å²) < 4.78 is 0. The van der Waals surface area contributed by atoms with Crippen molar-refractivity contribution >= 4 is 23.6 Å². The van der Waals surface area contributed by atoms with E-state index in [1.165, 1.54) is 0 Å². The van der Waals surface area contributed by atoms with Gasteiger partial charge in [-0.15, -0.1) is 11.8 Å². The van der Waals surface area contributed by atoms with Crippen LogP contribution in [-0.2, 0) is 9.59 Å². The van der Waals surface area contributed by atoms with Gasteiger partial charge in [0.15, 0.2) is 0 Å². The van der Waals surface area contributed by atoms with Gasteiger partial charge in [-0.1, -0.05) is 13.3 Å². The Hall–Kier alpha value is -0.750. The molecular weight excluding hydrogens is 288 g/mol. The van der Waals surface area contributed by atoms with E-state index >= 15 is 0 Å². The molecule has 21 heavy (non-hydrogen) atoms. The molecule has 0 spiro atoms. The molecule has 3 N–H and O–H groups in total. The van der Waals surface area contributed by atoms with Gasteiger partial charge in [-0.05, 0) is 44.1 Å². The molecule has 120 valence electrons. The Morgan fingerprint density at radius 2 is 2.10 bits per heavy atom. The zero-order valence-electron chi connectivity index (χ0n) is 12.7. The molecule has 5 nitrogen and oxygen atoms in total. The van der Waals surface area contributed by atoms with Gasteiger partial charge < -0.3 is 15.7 Å². The van der Waals surface area contributed by atoms with Crippen LogP contribution in [-0.4, -0.2) is 45.6 Å². The molecule has 0 radical (unpaired) electrons. The van der Waals surface area contributed by atoms with Gasteiger partial charge in [-0.25, -0.2) is 4.79 Å². The van der Waals surface area contributed by atoms with Gasteiger partial charge >= 0.3 is 5.97 Å². The molecule has 0 aromatic carbocycles. The lowest BCUT2D eigenvalue weighted by atomic mass is 9.96. The van der Waals surface area contributed by atoms with Gasteiger partial charge in [0.05, 0.1) is 5.37 Å². The minimum atomic E-state index is -0.868. The van der Waals surface area contributed by atoms with Crippen LogP contribution in [0.15, 0.2) is 0 Å². The lowest BCUT2D eigenvalue weighted by Crippen LogP contribution is -2.46. The summed E-state index contributed by atoms with van der Waals surface area (Å²) in [4.78, 5) is 25.6. The Bertz CT molecular complexity index is 387. The van der Waals surface area contributed by atoms with Gasteiger partial charge in [-0.3, -0.25) is 4.79 Å². The van der Waals surface area contributed by atoms with Crippen molar-refractivity contribution in [2.75, 3.05) is 12.3 Å². The third-order valence-electron chi connectivity index (χ3n) is 4.55. The summed E-state index contributed by atoms with van der Waals surface area (Å²) in [7, 11) is 0. The Morgan fingerprint density at radius 3 is 2.62 bits per heavy atom. The molecule has 1 aliphatic heterocycles. The topological polar surface area (TPSA) is 83.6 Å². The molecule has 2 aliphatic rings. The van der Waals surface area contributed by atoms with Crippen molar-refractivity contribution < 1.29 is 14.7 Å². The van der Waals surface area contributed by atoms with Crippen LogP contribution in [0.5, 0.6) is 0 Å². The molecule has 1 saturated heterocycles. The normalized spacial score (nSPS) is 26.9. The number of hydrogen-bond donors (Lipinski definition) is 2. The van der Waals surface area contributed by atoms with Gasteiger partial charge in [-0.2, -0.15) is 0 Å². The molecule has 3 unspecified atom stereocenters. The van der Waals surface area contributed by atoms with E-state index < -0.39 is 12.0 Å². The lowest BCUT2D eigenvalue weighted by Gasteiger charge is -2.28. The predicted molar refractivity (Wildman–Crippen MR) is 83.9 cm³/mol. The van der Waals surface area contributed by atoms with Crippen molar-refractivity contribution in [3.8, 4) is 0 Å². The number of amides is 1. The summed E-state index contributed by atoms with van der Waals surface area (Å²) in [5, 5.41) is 9.43. The van der Waals surface area contributed by atoms with E-state index in [1.54, 1.807) is 16.7 Å². The molecule has 0 aromatic heterocycles. The largest absolute Gasteiger partial charge is 0.480 e. The number of carboxylic acids is 1. The van der Waals surface area contributed by atoms with E-state index in [-0.39, 0.29) is 11.3 Å². The number of carboxylic acid groups (broad SMARTS) is 1. The maximum atomic E-state index is 12.5. The summed E-state index contributed by atoms with van der Waals surface area (Å²) in [5.41, 5.74) is 5.59. The highest BCUT2D eigenvalue weighted by molar-refractivity contribution is 8.00. The molecule has 6 heteroatoms. The molecule has 1 aliphatic carbocycles. The van der Waals surface area contributed by atoms with E-state index in [0.29, 0.717) is 30.6 Å². The summed E-state index contributed by atoms with van der Waals surface area (Å²) in [5.74, 6) is 0.654. The minimum absolute atomic E-state index is 0.0137. The number of thioether (sulfide) groups is 1. The number of carbonyl (C=O) groups is 2. The number of nitrogens with two attached hydrogens (primary N) is 1. The van der Waals surface area contributed by atoms with Crippen LogP contribution in [0.25, 0.3) is 0 Å². The van der Waals surface area contributed by atoms with Crippen LogP contribution < -0.4 is 5.73 Å². The predicted octanol–water partition coefficient (Wildman–Crippen LogP) is 1.91. The van der Waals surface area contributed by atoms with Crippen molar-refractivity contribution in [2.24, 2.45) is 17.6 Å². The van der Waals surface area contributed by atoms with Crippen LogP contribution in [0.4, 0.5) is 0 Å². The molecule has 3 atom stereocenters. The van der Waals surface area contributed by atoms with Gasteiger partial charge in [0.1, 0.15) is 6.04 Å². The fourth-order valence-electron chi connectivity index (χ4n) is 3.02. The average molecular weight is 314 g/mol. The van der Waals surface area contributed by atoms with Crippen molar-refractivity contribution in [3.63, 3.8) is 0 Å². The standard InChI is InChI=1S/C15H26N2O3S/c1-2-10(7-8-16)3-6-13(18)17-12(15(19)20)9-21-14(17)11-4-5-11/h10-12,14H,2-9,16H2,1H3,(H,19,20). The summed E-state index contributed by atoms with van der Waals surface area (Å²) in [6.07, 6.45) is 5.47. The molecular formula is C15H26N2O3S. The number of rotatable bonds is 8. The number of aliphatic carboxylic acids is 1. The molecule has 0 aromatic rings. The first-order chi connectivity index (χ1) is 10.1. The Morgan fingerprint density at radius 1 is 1.38 bits per heavy atom. The first kappa shape index (κ1) is 16.6. The first-order valence-electron chi connectivity index (χ1n) is 7.94. The Balaban J connectivity index is 1.94. The quantitative estimate of drug-likeness (QED) is 0.715. The zero-order valence-corrected chi connectivity index (χ0v) is 13.5. The number of carbonyl (C=O) groups excluding carboxylic acids is 1. The van der Waals surface area contributed by atoms with Crippen LogP contribution in [0.2, 0.25) is 0 Å². The van der Waals surface area contributed by atoms with Crippen LogP contribution >= 0.6 is 11.8 Å². The Kier molecular flexibility index (Phi) is 5.93. The molecule has 0 bridgehead atoms.